The summed E-state index contributed by atoms with van der Waals surface area (Å²) in [6.45, 7) is 8.08. The number of nitrogens with one attached hydrogen (secondary N) is 1. The summed E-state index contributed by atoms with van der Waals surface area (Å²) >= 11 is 5.48. The molecule has 6 heteroatoms. The van der Waals surface area contributed by atoms with E-state index in [-0.39, 0.29) is 0 Å². The highest BCUT2D eigenvalue weighted by atomic mass is 32.1. The largest absolute Gasteiger partial charge is 0.492 e. The second kappa shape index (κ2) is 9.57. The van der Waals surface area contributed by atoms with Gasteiger partial charge in [-0.2, -0.15) is 0 Å². The van der Waals surface area contributed by atoms with Gasteiger partial charge in [-0.05, 0) is 37.7 Å². The predicted octanol–water partition coefficient (Wildman–Crippen LogP) is 2.12. The van der Waals surface area contributed by atoms with Crippen LogP contribution in [0.15, 0.2) is 24.3 Å². The smallest absolute Gasteiger partial charge is 0.169 e. The first-order valence-electron chi connectivity index (χ1n) is 8.24. The molecule has 128 valence electrons. The zero-order chi connectivity index (χ0) is 16.5. The molecule has 23 heavy (non-hydrogen) atoms. The summed E-state index contributed by atoms with van der Waals surface area (Å²) in [5.74, 6) is 0.962. The van der Waals surface area contributed by atoms with E-state index in [4.69, 9.17) is 21.7 Å². The molecule has 1 aromatic rings. The summed E-state index contributed by atoms with van der Waals surface area (Å²) in [6.07, 6.45) is 0.971. The number of hydrogen-bond donors (Lipinski definition) is 1. The molecule has 5 nitrogen and oxygen atoms in total. The molecular formula is C17H27N3O2S. The van der Waals surface area contributed by atoms with Gasteiger partial charge in [0.1, 0.15) is 5.75 Å². The van der Waals surface area contributed by atoms with Crippen molar-refractivity contribution < 1.29 is 9.47 Å². The number of nitrogens with zero attached hydrogens (tertiary/aromatic N) is 2. The summed E-state index contributed by atoms with van der Waals surface area (Å²) in [4.78, 5) is 4.61. The van der Waals surface area contributed by atoms with Crippen molar-refractivity contribution in [1.82, 2.24) is 10.2 Å². The average molecular weight is 337 g/mol. The van der Waals surface area contributed by atoms with Gasteiger partial charge in [-0.15, -0.1) is 0 Å². The summed E-state index contributed by atoms with van der Waals surface area (Å²) in [7, 11) is 1.72. The van der Waals surface area contributed by atoms with Crippen LogP contribution < -0.4 is 15.0 Å². The van der Waals surface area contributed by atoms with E-state index >= 15 is 0 Å². The molecule has 0 unspecified atom stereocenters. The molecular weight excluding hydrogens is 310 g/mol. The van der Waals surface area contributed by atoms with Crippen LogP contribution in [0.25, 0.3) is 0 Å². The van der Waals surface area contributed by atoms with Gasteiger partial charge in [0.05, 0.1) is 12.3 Å². The van der Waals surface area contributed by atoms with Crippen LogP contribution in [0.1, 0.15) is 13.3 Å². The summed E-state index contributed by atoms with van der Waals surface area (Å²) < 4.78 is 10.8. The number of ether oxygens (including phenoxy) is 2. The van der Waals surface area contributed by atoms with Crippen LogP contribution in [0.5, 0.6) is 5.75 Å². The maximum Gasteiger partial charge on any atom is 0.169 e. The van der Waals surface area contributed by atoms with Gasteiger partial charge in [-0.1, -0.05) is 12.1 Å². The molecule has 1 N–H and O–H groups in total. The van der Waals surface area contributed by atoms with E-state index in [1.54, 1.807) is 7.11 Å². The van der Waals surface area contributed by atoms with E-state index < -0.39 is 0 Å². The Balaban J connectivity index is 1.83. The molecule has 1 saturated heterocycles. The lowest BCUT2D eigenvalue weighted by molar-refractivity contribution is 0.195. The third-order valence-electron chi connectivity index (χ3n) is 3.87. The van der Waals surface area contributed by atoms with Gasteiger partial charge >= 0.3 is 0 Å². The standard InChI is InChI=1S/C17H27N3O2S/c1-3-22-16-8-5-4-7-15(16)19-10-12-20(13-11-19)17(23)18-9-6-14-21-2/h4-5,7-8H,3,6,9-14H2,1-2H3,(H,18,23). The molecule has 1 aliphatic rings. The number of piperazine rings is 1. The van der Waals surface area contributed by atoms with Crippen molar-refractivity contribution in [1.29, 1.82) is 0 Å². The first-order valence-corrected chi connectivity index (χ1v) is 8.65. The second-order valence-electron chi connectivity index (χ2n) is 5.45. The van der Waals surface area contributed by atoms with Crippen LogP contribution >= 0.6 is 12.2 Å². The molecule has 0 amide bonds. The number of rotatable bonds is 7. The Morgan fingerprint density at radius 1 is 1.22 bits per heavy atom. The molecule has 0 aromatic heterocycles. The Morgan fingerprint density at radius 3 is 2.65 bits per heavy atom. The van der Waals surface area contributed by atoms with Gasteiger partial charge < -0.3 is 24.6 Å². The Bertz CT molecular complexity index is 490. The fourth-order valence-corrected chi connectivity index (χ4v) is 2.95. The number of anilines is 1. The van der Waals surface area contributed by atoms with Crippen LogP contribution in [0.2, 0.25) is 0 Å². The number of para-hydroxylation sites is 2. The minimum atomic E-state index is 0.687. The Labute approximate surface area is 144 Å². The molecule has 0 radical (unpaired) electrons. The maximum atomic E-state index is 5.74. The van der Waals surface area contributed by atoms with E-state index in [2.05, 4.69) is 27.2 Å². The van der Waals surface area contributed by atoms with Crippen molar-refractivity contribution in [3.05, 3.63) is 24.3 Å². The molecule has 0 saturated carbocycles. The summed E-state index contributed by atoms with van der Waals surface area (Å²) in [5, 5.41) is 4.15. The van der Waals surface area contributed by atoms with E-state index in [9.17, 15) is 0 Å². The number of methoxy groups -OCH3 is 1. The normalized spacial score (nSPS) is 14.7. The third-order valence-corrected chi connectivity index (χ3v) is 4.28. The van der Waals surface area contributed by atoms with E-state index in [1.165, 1.54) is 5.69 Å². The minimum absolute atomic E-state index is 0.687. The molecule has 0 atom stereocenters. The van der Waals surface area contributed by atoms with Crippen LogP contribution in [0, 0.1) is 0 Å². The topological polar surface area (TPSA) is 37.0 Å². The highest BCUT2D eigenvalue weighted by Gasteiger charge is 2.20. The van der Waals surface area contributed by atoms with Crippen molar-refractivity contribution in [2.75, 3.05) is 57.9 Å². The molecule has 0 bridgehead atoms. The first-order chi connectivity index (χ1) is 11.3. The molecule has 1 aromatic carbocycles. The van der Waals surface area contributed by atoms with Gasteiger partial charge in [0.2, 0.25) is 0 Å². The third kappa shape index (κ3) is 5.25. The van der Waals surface area contributed by atoms with E-state index in [0.717, 1.165) is 56.6 Å². The fraction of sp³-hybridized carbons (Fsp3) is 0.588. The van der Waals surface area contributed by atoms with Crippen molar-refractivity contribution in [3.63, 3.8) is 0 Å². The van der Waals surface area contributed by atoms with E-state index in [1.807, 2.05) is 19.1 Å². The van der Waals surface area contributed by atoms with Gasteiger partial charge in [0.25, 0.3) is 0 Å². The summed E-state index contributed by atoms with van der Waals surface area (Å²) in [6, 6.07) is 8.24. The highest BCUT2D eigenvalue weighted by molar-refractivity contribution is 7.80. The molecule has 1 fully saturated rings. The first kappa shape index (κ1) is 17.8. The van der Waals surface area contributed by atoms with Gasteiger partial charge in [-0.3, -0.25) is 0 Å². The molecule has 1 aliphatic heterocycles. The van der Waals surface area contributed by atoms with Crippen LogP contribution in [-0.4, -0.2) is 63.1 Å². The van der Waals surface area contributed by atoms with Crippen molar-refractivity contribution >= 4 is 23.0 Å². The zero-order valence-electron chi connectivity index (χ0n) is 14.1. The van der Waals surface area contributed by atoms with Gasteiger partial charge in [0, 0.05) is 46.4 Å². The molecule has 0 spiro atoms. The van der Waals surface area contributed by atoms with Crippen molar-refractivity contribution in [2.24, 2.45) is 0 Å². The van der Waals surface area contributed by atoms with Crippen molar-refractivity contribution in [3.8, 4) is 5.75 Å². The van der Waals surface area contributed by atoms with E-state index in [0.29, 0.717) is 6.61 Å². The average Bonchev–Trinajstić information content (AvgIpc) is 2.59. The monoisotopic (exact) mass is 337 g/mol. The lowest BCUT2D eigenvalue weighted by atomic mass is 10.2. The minimum Gasteiger partial charge on any atom is -0.492 e. The van der Waals surface area contributed by atoms with Gasteiger partial charge in [-0.25, -0.2) is 0 Å². The highest BCUT2D eigenvalue weighted by Crippen LogP contribution is 2.28. The Hall–Kier alpha value is -1.53. The lowest BCUT2D eigenvalue weighted by Crippen LogP contribution is -2.52. The predicted molar refractivity (Wildman–Crippen MR) is 98.5 cm³/mol. The number of hydrogen-bond acceptors (Lipinski definition) is 4. The number of thiocarbonyl (C=S) groups is 1. The van der Waals surface area contributed by atoms with Crippen LogP contribution in [0.4, 0.5) is 5.69 Å². The molecule has 1 heterocycles. The molecule has 2 rings (SSSR count). The Kier molecular flexibility index (Phi) is 7.42. The van der Waals surface area contributed by atoms with Crippen LogP contribution in [-0.2, 0) is 4.74 Å². The van der Waals surface area contributed by atoms with Gasteiger partial charge in [0.15, 0.2) is 5.11 Å². The van der Waals surface area contributed by atoms with Crippen molar-refractivity contribution in [2.45, 2.75) is 13.3 Å². The maximum absolute atomic E-state index is 5.74. The lowest BCUT2D eigenvalue weighted by Gasteiger charge is -2.38. The Morgan fingerprint density at radius 2 is 1.96 bits per heavy atom. The summed E-state index contributed by atoms with van der Waals surface area (Å²) in [5.41, 5.74) is 1.17. The van der Waals surface area contributed by atoms with Crippen LogP contribution in [0.3, 0.4) is 0 Å². The fourth-order valence-electron chi connectivity index (χ4n) is 2.67. The number of benzene rings is 1. The SMILES string of the molecule is CCOc1ccccc1N1CCN(C(=S)NCCCOC)CC1. The molecule has 0 aliphatic carbocycles. The zero-order valence-corrected chi connectivity index (χ0v) is 14.9. The second-order valence-corrected chi connectivity index (χ2v) is 5.84. The quantitative estimate of drug-likeness (QED) is 0.607.